The van der Waals surface area contributed by atoms with Gasteiger partial charge in [-0.2, -0.15) is 35.7 Å². The number of pyridine rings is 3. The van der Waals surface area contributed by atoms with Crippen molar-refractivity contribution in [3.63, 3.8) is 0 Å². The molecule has 0 atom stereocenters. The smallest absolute Gasteiger partial charge is 0.200 e. The minimum Gasteiger partial charge on any atom is -0.294 e. The molecule has 0 amide bonds. The fourth-order valence-corrected chi connectivity index (χ4v) is 15.4. The molecule has 0 radical (unpaired) electrons. The zero-order valence-corrected chi connectivity index (χ0v) is 79.9. The summed E-state index contributed by atoms with van der Waals surface area (Å²) in [7, 11) is 0. The number of fused-ring (bicyclic) bond motifs is 7. The highest BCUT2D eigenvalue weighted by molar-refractivity contribution is 6.10. The van der Waals surface area contributed by atoms with Gasteiger partial charge in [-0.05, 0) is 177 Å². The highest BCUT2D eigenvalue weighted by Crippen LogP contribution is 2.25. The first kappa shape index (κ1) is 103. The number of aromatic amines is 7. The maximum absolute atomic E-state index is 12.2. The summed E-state index contributed by atoms with van der Waals surface area (Å²) in [6.07, 6.45) is 23.7. The van der Waals surface area contributed by atoms with Crippen LogP contribution in [-0.4, -0.2) is 177 Å². The molecule has 21 aromatic rings. The lowest BCUT2D eigenvalue weighted by Crippen LogP contribution is -2.08. The first-order valence-corrected chi connectivity index (χ1v) is 47.2. The van der Waals surface area contributed by atoms with Gasteiger partial charge in [0.2, 0.25) is 0 Å². The third kappa shape index (κ3) is 28.9. The topological polar surface area (TPSA) is 504 Å². The molecule has 0 aliphatic heterocycles. The zero-order valence-electron chi connectivity index (χ0n) is 79.9. The predicted molar refractivity (Wildman–Crippen MR) is 557 cm³/mol. The van der Waals surface area contributed by atoms with E-state index >= 15 is 0 Å². The number of ketones is 14. The van der Waals surface area contributed by atoms with E-state index in [9.17, 15) is 67.1 Å². The van der Waals surface area contributed by atoms with Crippen molar-refractivity contribution in [1.29, 1.82) is 0 Å². The molecule has 33 heteroatoms. The molecule has 0 spiro atoms. The van der Waals surface area contributed by atoms with E-state index in [1.807, 2.05) is 91.9 Å². The number of aromatic nitrogens is 19. The van der Waals surface area contributed by atoms with Crippen LogP contribution in [0.4, 0.5) is 0 Å². The maximum atomic E-state index is 12.2. The number of carbonyl (C=O) groups excluding carboxylic acids is 14. The van der Waals surface area contributed by atoms with Crippen LogP contribution >= 0.6 is 0 Å². The van der Waals surface area contributed by atoms with Gasteiger partial charge in [-0.15, -0.1) is 0 Å². The summed E-state index contributed by atoms with van der Waals surface area (Å²) in [4.78, 5) is 188. The molecule has 21 rings (SSSR count). The number of nitrogens with zero attached hydrogens (tertiary/aromatic N) is 12. The SMILES string of the molecule is Cc1ccc(C(=O)CCC(=O)c2ccc3[nH]ncc3c2)cc1.O=C(CCC(=O)c1ccc2[nH]ncc2c1)c1ccccc1.O=C(CCC(=O)c1ccc2[nH]ncc2c1)c1ccccc1.O=C(CCC(=O)c1ccc2[nH]ncc2c1)c1cccnc1.O=C(CCC(=O)c1ccccn1)c1ccc2[nH]ncc2c1.O=C(CCC(=O)c1ccccn1)c1ccc2[nH]ncc2c1.O=C(CCC(=O)c1ncccn1)c1ccc2[nH]ncc2c1. The van der Waals surface area contributed by atoms with Gasteiger partial charge in [-0.1, -0.05) is 103 Å². The lowest BCUT2D eigenvalue weighted by Gasteiger charge is -2.03. The van der Waals surface area contributed by atoms with E-state index < -0.39 is 0 Å². The fourth-order valence-electron chi connectivity index (χ4n) is 15.4. The number of H-pyrrole nitrogens is 7. The molecule has 0 saturated carbocycles. The summed E-state index contributed by atoms with van der Waals surface area (Å²) in [5.74, 6) is -0.707. The molecule has 734 valence electrons. The van der Waals surface area contributed by atoms with Crippen molar-refractivity contribution < 1.29 is 67.1 Å². The molecule has 7 N–H and O–H groups in total. The van der Waals surface area contributed by atoms with Crippen LogP contribution in [0.2, 0.25) is 0 Å². The molecule has 11 heterocycles. The maximum Gasteiger partial charge on any atom is 0.200 e. The third-order valence-corrected chi connectivity index (χ3v) is 23.7. The molecule has 0 unspecified atom stereocenters. The predicted octanol–water partition coefficient (Wildman–Crippen LogP) is 21.1. The number of rotatable bonds is 35. The van der Waals surface area contributed by atoms with Crippen LogP contribution in [0.1, 0.15) is 241 Å². The van der Waals surface area contributed by atoms with E-state index in [4.69, 9.17) is 0 Å². The average molecular weight is 1970 g/mol. The summed E-state index contributed by atoms with van der Waals surface area (Å²) < 4.78 is 0. The number of carbonyl (C=O) groups is 14. The quantitative estimate of drug-likeness (QED) is 0.0181. The van der Waals surface area contributed by atoms with Crippen molar-refractivity contribution in [3.8, 4) is 0 Å². The molecular weight excluding hydrogens is 1870 g/mol. The molecule has 0 aliphatic rings. The number of hydrogen-bond donors (Lipinski definition) is 7. The van der Waals surface area contributed by atoms with Crippen molar-refractivity contribution in [2.45, 2.75) is 96.8 Å². The summed E-state index contributed by atoms with van der Waals surface area (Å²) in [5.41, 5.74) is 14.8. The molecule has 10 aromatic carbocycles. The summed E-state index contributed by atoms with van der Waals surface area (Å²) in [6, 6.07) is 78.4. The first-order chi connectivity index (χ1) is 72.1. The molecule has 0 saturated heterocycles. The molecule has 0 aliphatic carbocycles. The lowest BCUT2D eigenvalue weighted by atomic mass is 10.0. The lowest BCUT2D eigenvalue weighted by molar-refractivity contribution is 0.0912. The Bertz CT molecular complexity index is 7240. The third-order valence-electron chi connectivity index (χ3n) is 23.7. The Kier molecular flexibility index (Phi) is 35.5. The van der Waals surface area contributed by atoms with Crippen LogP contribution in [0.3, 0.4) is 0 Å². The van der Waals surface area contributed by atoms with Gasteiger partial charge in [0.05, 0.1) is 82.0 Å². The second kappa shape index (κ2) is 51.2. The van der Waals surface area contributed by atoms with Gasteiger partial charge < -0.3 is 0 Å². The Balaban J connectivity index is 0.000000129. The van der Waals surface area contributed by atoms with E-state index in [-0.39, 0.29) is 177 Å². The minimum absolute atomic E-state index is 0.00209. The highest BCUT2D eigenvalue weighted by Gasteiger charge is 2.21. The normalized spacial score (nSPS) is 10.7. The molecule has 0 bridgehead atoms. The van der Waals surface area contributed by atoms with Crippen molar-refractivity contribution in [3.05, 3.63) is 431 Å². The van der Waals surface area contributed by atoms with Gasteiger partial charge in [-0.3, -0.25) is 118 Å². The number of nitrogens with one attached hydrogen (secondary N) is 7. The van der Waals surface area contributed by atoms with Gasteiger partial charge in [0.25, 0.3) is 0 Å². The Hall–Kier alpha value is -19.6. The number of Topliss-reactive ketones (excluding diaryl/α,β-unsaturated/α-hetero) is 14. The highest BCUT2D eigenvalue weighted by atomic mass is 16.2. The Morgan fingerprint density at radius 3 is 0.649 bits per heavy atom. The molecule has 33 nitrogen and oxygen atoms in total. The van der Waals surface area contributed by atoms with Crippen molar-refractivity contribution >= 4 is 157 Å². The molecule has 11 aromatic heterocycles. The van der Waals surface area contributed by atoms with E-state index in [2.05, 4.69) is 96.3 Å². The molecule has 0 fully saturated rings. The Labute approximate surface area is 844 Å². The largest absolute Gasteiger partial charge is 0.294 e. The van der Waals surface area contributed by atoms with Crippen LogP contribution < -0.4 is 0 Å². The average Bonchev–Trinajstić information content (AvgIpc) is 1.71. The zero-order chi connectivity index (χ0) is 103. The number of benzene rings is 10. The molecular formula is C115H95N19O14. The van der Waals surface area contributed by atoms with Crippen LogP contribution in [-0.2, 0) is 0 Å². The number of hydrogen-bond acceptors (Lipinski definition) is 26. The summed E-state index contributed by atoms with van der Waals surface area (Å²) in [6.45, 7) is 1.98. The fraction of sp³-hybridized carbons (Fsp3) is 0.130. The second-order valence-electron chi connectivity index (χ2n) is 34.0. The van der Waals surface area contributed by atoms with Crippen molar-refractivity contribution in [2.24, 2.45) is 0 Å². The summed E-state index contributed by atoms with van der Waals surface area (Å²) in [5, 5.41) is 53.5. The Morgan fingerprint density at radius 2 is 0.399 bits per heavy atom. The van der Waals surface area contributed by atoms with E-state index in [0.29, 0.717) is 72.6 Å². The first-order valence-electron chi connectivity index (χ1n) is 47.2. The van der Waals surface area contributed by atoms with Crippen LogP contribution in [0.5, 0.6) is 0 Å². The minimum atomic E-state index is -0.228. The van der Waals surface area contributed by atoms with Crippen molar-refractivity contribution in [1.82, 2.24) is 96.3 Å². The second-order valence-corrected chi connectivity index (χ2v) is 34.0. The van der Waals surface area contributed by atoms with Crippen molar-refractivity contribution in [2.75, 3.05) is 0 Å². The molecule has 148 heavy (non-hydrogen) atoms. The van der Waals surface area contributed by atoms with Crippen LogP contribution in [0.25, 0.3) is 76.3 Å². The van der Waals surface area contributed by atoms with E-state index in [1.165, 1.54) is 18.6 Å². The van der Waals surface area contributed by atoms with Crippen LogP contribution in [0.15, 0.2) is 347 Å². The standard InChI is InChI=1S/C18H16N2O2.2C17H14N2O2.3C16H13N3O2.C15H12N4O2/c1-12-2-4-13(5-3-12)17(21)8-9-18(22)14-6-7-16-15(10-14)11-19-20-16;2*20-16(12-4-2-1-3-5-12)8-9-17(21)13-6-7-15-14(10-13)11-18-19-15;20-15(5-6-16(21)12-2-1-7-17-9-12)11-3-4-14-13(8-11)10-18-19-14;2*20-15(6-7-16(21)14-3-1-2-8-17-14)11-4-5-13-12(9-11)10-18-19-13;20-13(4-5-14(21)15-16-6-1-7-17-15)10-2-3-12-11(8-10)9-18-19-12/h2-7,10-11H,8-9H2,1H3,(H,19,20);2*1-7,10-11H,8-9H2,(H,18,19);1-4,7-10H,5-6H2,(H,18,19);2*1-5,8-10H,6-7H2,(H,18,19);1-3,6-9H,4-5H2,(H,18,19). The summed E-state index contributed by atoms with van der Waals surface area (Å²) >= 11 is 0. The van der Waals surface area contributed by atoms with Gasteiger partial charge in [0, 0.05) is 226 Å². The van der Waals surface area contributed by atoms with Gasteiger partial charge in [-0.25, -0.2) is 9.97 Å². The monoisotopic (exact) mass is 1970 g/mol. The van der Waals surface area contributed by atoms with Gasteiger partial charge in [0.1, 0.15) is 11.4 Å². The van der Waals surface area contributed by atoms with E-state index in [0.717, 1.165) is 81.9 Å². The number of aryl methyl sites for hydroxylation is 1. The van der Waals surface area contributed by atoms with Crippen LogP contribution in [0, 0.1) is 6.92 Å². The Morgan fingerprint density at radius 1 is 0.182 bits per heavy atom. The van der Waals surface area contributed by atoms with Gasteiger partial charge in [0.15, 0.2) is 86.8 Å². The van der Waals surface area contributed by atoms with Gasteiger partial charge >= 0.3 is 0 Å². The van der Waals surface area contributed by atoms with E-state index in [1.54, 1.807) is 244 Å².